The van der Waals surface area contributed by atoms with Gasteiger partial charge in [-0.05, 0) is 75.4 Å². The number of nitrogens with one attached hydrogen (secondary N) is 2. The Bertz CT molecular complexity index is 2850. The van der Waals surface area contributed by atoms with E-state index < -0.39 is 23.5 Å². The van der Waals surface area contributed by atoms with Crippen LogP contribution in [0.15, 0.2) is 85.5 Å². The number of piperazine rings is 1. The molecule has 2 aliphatic heterocycles. The minimum absolute atomic E-state index is 0.0587. The van der Waals surface area contributed by atoms with Crippen LogP contribution in [0.1, 0.15) is 86.4 Å². The van der Waals surface area contributed by atoms with Gasteiger partial charge in [0.25, 0.3) is 11.8 Å². The molecule has 1 saturated heterocycles. The van der Waals surface area contributed by atoms with Gasteiger partial charge < -0.3 is 49.4 Å². The third-order valence-electron chi connectivity index (χ3n) is 12.4. The Morgan fingerprint density at radius 3 is 2.41 bits per heavy atom. The van der Waals surface area contributed by atoms with E-state index in [9.17, 15) is 34.3 Å². The van der Waals surface area contributed by atoms with E-state index in [1.165, 1.54) is 18.3 Å². The number of hydrogen-bond acceptors (Lipinski definition) is 17. The second-order valence-corrected chi connectivity index (χ2v) is 19.5. The lowest BCUT2D eigenvalue weighted by atomic mass is 9.88. The van der Waals surface area contributed by atoms with Gasteiger partial charge in [0.2, 0.25) is 17.7 Å². The zero-order chi connectivity index (χ0) is 53.0. The second kappa shape index (κ2) is 24.1. The third kappa shape index (κ3) is 13.9. The van der Waals surface area contributed by atoms with Gasteiger partial charge >= 0.3 is 5.97 Å². The summed E-state index contributed by atoms with van der Waals surface area (Å²) < 4.78 is 22.6. The van der Waals surface area contributed by atoms with E-state index in [1.54, 1.807) is 66.0 Å². The van der Waals surface area contributed by atoms with Gasteiger partial charge in [-0.1, -0.05) is 32.9 Å². The van der Waals surface area contributed by atoms with Crippen LogP contribution >= 0.6 is 0 Å². The summed E-state index contributed by atoms with van der Waals surface area (Å²) in [6.07, 6.45) is 7.18. The summed E-state index contributed by atoms with van der Waals surface area (Å²) in [5.74, 6) is -0.231. The smallest absolute Gasteiger partial charge is 0.326 e. The van der Waals surface area contributed by atoms with Crippen molar-refractivity contribution in [1.82, 2.24) is 40.5 Å². The molecule has 4 aromatic heterocycles. The van der Waals surface area contributed by atoms with Gasteiger partial charge in [0, 0.05) is 86.8 Å². The average Bonchev–Trinajstić information content (AvgIpc) is 3.57. The maximum absolute atomic E-state index is 13.4. The molecule has 2 atom stereocenters. The predicted molar refractivity (Wildman–Crippen MR) is 271 cm³/mol. The number of benzene rings is 1. The molecule has 2 aliphatic rings. The number of hydrogen-bond donors (Lipinski definition) is 3. The average molecular weight is 1010 g/mol. The number of carbonyl (C=O) groups is 5. The molecule has 0 unspecified atom stereocenters. The van der Waals surface area contributed by atoms with E-state index in [0.717, 1.165) is 0 Å². The molecule has 3 amide bonds. The Hall–Kier alpha value is -8.09. The number of amides is 3. The normalized spacial score (nSPS) is 15.4. The first-order chi connectivity index (χ1) is 35.4. The number of pyridine rings is 3. The van der Waals surface area contributed by atoms with Crippen molar-refractivity contribution in [3.8, 4) is 34.7 Å². The van der Waals surface area contributed by atoms with Crippen molar-refractivity contribution in [1.29, 1.82) is 5.26 Å². The molecule has 7 rings (SSSR count). The summed E-state index contributed by atoms with van der Waals surface area (Å²) in [6.45, 7) is 13.9. The standard InChI is InChI=1S/C53H61N11O10/c1-34-30-62(51-58-28-37(29-59-51)41-14-13-40-47(67)53(5,6)64(48(40)60-41)31-36-9-8-18-55-43(36)26-54)20-21-63(34)46(66)33-72-24-23-71-22-19-56-44(65)32-73-38-10-7-11-39(25-38)74-45-15-12-35(27-57-45)49(68)61-42(50(69)70)16-17-52(2,3)4/h7-15,18,25,27-29,34,42H,16-17,19-24,30-33H2,1-6H3,(H,56,65)(H,61,68)(H,69,70)/t34-,42+/m1/s1. The van der Waals surface area contributed by atoms with Crippen LogP contribution in [0.5, 0.6) is 17.4 Å². The van der Waals surface area contributed by atoms with Gasteiger partial charge in [-0.15, -0.1) is 0 Å². The molecule has 3 N–H and O–H groups in total. The Kier molecular flexibility index (Phi) is 17.5. The fraction of sp³-hybridized carbons (Fsp3) is 0.415. The molecule has 5 aromatic rings. The highest BCUT2D eigenvalue weighted by Gasteiger charge is 2.45. The summed E-state index contributed by atoms with van der Waals surface area (Å²) in [4.78, 5) is 91.6. The van der Waals surface area contributed by atoms with E-state index in [1.807, 2.05) is 57.4 Å². The highest BCUT2D eigenvalue weighted by atomic mass is 16.5. The van der Waals surface area contributed by atoms with Crippen molar-refractivity contribution in [2.45, 2.75) is 78.6 Å². The van der Waals surface area contributed by atoms with Crippen LogP contribution in [0, 0.1) is 16.7 Å². The van der Waals surface area contributed by atoms with Crippen LogP contribution in [0.3, 0.4) is 0 Å². The summed E-state index contributed by atoms with van der Waals surface area (Å²) in [7, 11) is 0. The number of rotatable bonds is 22. The first-order valence-corrected chi connectivity index (χ1v) is 24.3. The number of anilines is 2. The number of carboxylic acid groups (broad SMARTS) is 1. The fourth-order valence-corrected chi connectivity index (χ4v) is 8.27. The number of carboxylic acids is 1. The highest BCUT2D eigenvalue weighted by molar-refractivity contribution is 6.13. The lowest BCUT2D eigenvalue weighted by Gasteiger charge is -2.39. The fourth-order valence-electron chi connectivity index (χ4n) is 8.27. The third-order valence-corrected chi connectivity index (χ3v) is 12.4. The SMILES string of the molecule is C[C@@H]1CN(c2ncc(-c3ccc4c(n3)N(Cc3cccnc3C#N)C(C)(C)C4=O)cn2)CCN1C(=O)COCCOCCNC(=O)COc1cccc(Oc2ccc(C(=O)N[C@@H](CCC(C)(C)C)C(=O)O)cn2)c1. The molecular formula is C53H61N11O10. The Morgan fingerprint density at radius 2 is 1.69 bits per heavy atom. The number of carbonyl (C=O) groups excluding carboxylic acids is 4. The van der Waals surface area contributed by atoms with Gasteiger partial charge in [0.1, 0.15) is 41.7 Å². The van der Waals surface area contributed by atoms with Crippen LogP contribution < -0.4 is 29.9 Å². The van der Waals surface area contributed by atoms with Crippen LogP contribution in [-0.4, -0.2) is 141 Å². The van der Waals surface area contributed by atoms with Gasteiger partial charge in [-0.25, -0.2) is 29.7 Å². The maximum atomic E-state index is 13.4. The number of aromatic nitrogens is 5. The number of ether oxygens (including phenoxy) is 4. The zero-order valence-electron chi connectivity index (χ0n) is 42.4. The number of Topliss-reactive ketones (excluding diaryl/α,β-unsaturated/α-hetero) is 1. The summed E-state index contributed by atoms with van der Waals surface area (Å²) in [5.41, 5.74) is 1.99. The number of fused-ring (bicyclic) bond motifs is 1. The van der Waals surface area contributed by atoms with Gasteiger partial charge in [-0.2, -0.15) is 5.26 Å². The summed E-state index contributed by atoms with van der Waals surface area (Å²) in [5, 5.41) is 24.5. The van der Waals surface area contributed by atoms with Crippen molar-refractivity contribution < 1.29 is 48.0 Å². The van der Waals surface area contributed by atoms with E-state index in [0.29, 0.717) is 83.8 Å². The first kappa shape index (κ1) is 53.7. The molecular weight excluding hydrogens is 951 g/mol. The van der Waals surface area contributed by atoms with Gasteiger partial charge in [-0.3, -0.25) is 19.2 Å². The van der Waals surface area contributed by atoms with Crippen molar-refractivity contribution in [3.63, 3.8) is 0 Å². The molecule has 1 fully saturated rings. The van der Waals surface area contributed by atoms with Crippen molar-refractivity contribution in [3.05, 3.63) is 108 Å². The Morgan fingerprint density at radius 1 is 0.919 bits per heavy atom. The molecule has 6 heterocycles. The summed E-state index contributed by atoms with van der Waals surface area (Å²) >= 11 is 0. The molecule has 0 aliphatic carbocycles. The van der Waals surface area contributed by atoms with E-state index >= 15 is 0 Å². The lowest BCUT2D eigenvalue weighted by Crippen LogP contribution is -2.55. The molecule has 21 nitrogen and oxygen atoms in total. The number of nitrogens with zero attached hydrogens (tertiary/aromatic N) is 9. The molecule has 74 heavy (non-hydrogen) atoms. The number of aliphatic carboxylic acids is 1. The molecule has 0 radical (unpaired) electrons. The lowest BCUT2D eigenvalue weighted by molar-refractivity contribution is -0.140. The second-order valence-electron chi connectivity index (χ2n) is 19.5. The Balaban J connectivity index is 0.765. The molecule has 0 bridgehead atoms. The zero-order valence-corrected chi connectivity index (χ0v) is 42.4. The van der Waals surface area contributed by atoms with Gasteiger partial charge in [0.05, 0.1) is 42.2 Å². The molecule has 0 spiro atoms. The van der Waals surface area contributed by atoms with Crippen LogP contribution in [0.25, 0.3) is 11.3 Å². The number of ketones is 1. The topological polar surface area (TPSA) is 265 Å². The van der Waals surface area contributed by atoms with Crippen LogP contribution in [-0.2, 0) is 30.4 Å². The molecule has 21 heteroatoms. The van der Waals surface area contributed by atoms with E-state index in [4.69, 9.17) is 23.9 Å². The predicted octanol–water partition coefficient (Wildman–Crippen LogP) is 5.25. The largest absolute Gasteiger partial charge is 0.484 e. The minimum atomic E-state index is -1.10. The van der Waals surface area contributed by atoms with E-state index in [2.05, 4.69) is 36.6 Å². The van der Waals surface area contributed by atoms with E-state index in [-0.39, 0.29) is 86.6 Å². The van der Waals surface area contributed by atoms with Crippen molar-refractivity contribution in [2.24, 2.45) is 5.41 Å². The quantitative estimate of drug-likeness (QED) is 0.0748. The Labute approximate surface area is 429 Å². The van der Waals surface area contributed by atoms with Crippen LogP contribution in [0.2, 0.25) is 0 Å². The van der Waals surface area contributed by atoms with Crippen LogP contribution in [0.4, 0.5) is 11.8 Å². The minimum Gasteiger partial charge on any atom is -0.484 e. The van der Waals surface area contributed by atoms with Gasteiger partial charge in [0.15, 0.2) is 12.4 Å². The number of nitriles is 1. The molecule has 388 valence electrons. The monoisotopic (exact) mass is 1010 g/mol. The molecule has 0 saturated carbocycles. The van der Waals surface area contributed by atoms with Crippen molar-refractivity contribution in [2.75, 3.05) is 69.0 Å². The highest BCUT2D eigenvalue weighted by Crippen LogP contribution is 2.40. The summed E-state index contributed by atoms with van der Waals surface area (Å²) in [6, 6.07) is 17.7. The van der Waals surface area contributed by atoms with Crippen molar-refractivity contribution >= 4 is 41.2 Å². The maximum Gasteiger partial charge on any atom is 0.326 e. The first-order valence-electron chi connectivity index (χ1n) is 24.3. The molecule has 1 aromatic carbocycles.